The van der Waals surface area contributed by atoms with Gasteiger partial charge in [0.1, 0.15) is 0 Å². The van der Waals surface area contributed by atoms with E-state index in [1.165, 1.54) is 9.80 Å². The van der Waals surface area contributed by atoms with Gasteiger partial charge in [0.05, 0.1) is 28.5 Å². The maximum Gasteiger partial charge on any atom is 0.266 e. The highest BCUT2D eigenvalue weighted by Gasteiger charge is 2.42. The number of unbranched alkanes of at least 4 members (excludes halogenated alkanes) is 1. The molecule has 0 fully saturated rings. The molecule has 0 spiro atoms. The second kappa shape index (κ2) is 21.6. The Morgan fingerprint density at radius 3 is 0.902 bits per heavy atom. The number of pyridine rings is 3. The highest BCUT2D eigenvalue weighted by Crippen LogP contribution is 2.57. The van der Waals surface area contributed by atoms with Crippen LogP contribution in [0.1, 0.15) is 167 Å². The first-order chi connectivity index (χ1) is 43.8. The lowest BCUT2D eigenvalue weighted by molar-refractivity contribution is 0.0607. The molecular weight excluding hydrogens is 1130 g/mol. The zero-order valence-corrected chi connectivity index (χ0v) is 54.8. The topological polar surface area (TPSA) is 113 Å². The molecule has 2 aliphatic rings. The third kappa shape index (κ3) is 9.78. The number of aromatic nitrogens is 3. The Hall–Kier alpha value is -9.99. The lowest BCUT2D eigenvalue weighted by Crippen LogP contribution is -2.41. The molecule has 92 heavy (non-hydrogen) atoms. The van der Waals surface area contributed by atoms with Gasteiger partial charge in [0.25, 0.3) is 23.6 Å². The Bertz CT molecular complexity index is 4720. The average Bonchev–Trinajstić information content (AvgIpc) is 0.668. The van der Waals surface area contributed by atoms with E-state index in [2.05, 4.69) is 187 Å². The molecule has 0 bridgehead atoms. The van der Waals surface area contributed by atoms with E-state index in [1.54, 1.807) is 24.5 Å². The minimum Gasteiger partial charge on any atom is -0.274 e. The molecule has 9 heteroatoms. The summed E-state index contributed by atoms with van der Waals surface area (Å²) in [5.41, 5.74) is 14.4. The molecule has 12 aromatic rings. The lowest BCUT2D eigenvalue weighted by Gasteiger charge is -2.33. The smallest absolute Gasteiger partial charge is 0.266 e. The summed E-state index contributed by atoms with van der Waals surface area (Å²) in [6, 6.07) is 57.4. The molecule has 3 aromatic heterocycles. The first kappa shape index (κ1) is 59.6. The standard InChI is InChI=1S/C83H75N5O4/c1-14-15-40-87-76(89)60-43-56(47-22-30-51(31-23-47)80(2,3)4)70-72-58(49-26-34-53(35-27-49)82(8,9)10)45-62-69-63(79(92)88(78(62)91)55-41-66(64-20-16-18-38-84-64)86-67(42-55)65-21-17-19-39-85-65)46-59(50-28-36-54(37-29-50)83(11,12)13)73(75(69)72)71-57(44-61(77(87)90)68(60)74(70)71)48-24-32-52(33-25-48)81(5,6)7/h16-39,41-46H,14-15,40H2,1-13H3. The highest BCUT2D eigenvalue weighted by molar-refractivity contribution is 6.49. The SMILES string of the molecule is CCCCN1C(=O)c2cc(-c3ccc(C(C)(C)C)cc3)c3c4c(-c5ccc(C(C)(C)C)cc5)cc5c6c(cc(-c7ccc(C(C)(C)C)cc7)c(c7c(-c8ccc(C(C)(C)C)cc8)cc(c2c37)C1=O)c64)C(=O)N(c1cc(-c2ccccn2)nc(-c2ccccn2)c1)C5=O. The van der Waals surface area contributed by atoms with Crippen LogP contribution in [0.5, 0.6) is 0 Å². The van der Waals surface area contributed by atoms with E-state index in [-0.39, 0.29) is 40.0 Å². The van der Waals surface area contributed by atoms with Gasteiger partial charge in [0.15, 0.2) is 0 Å². The zero-order chi connectivity index (χ0) is 64.7. The summed E-state index contributed by atoms with van der Waals surface area (Å²) < 4.78 is 0. The third-order valence-electron chi connectivity index (χ3n) is 19.0. The molecule has 9 nitrogen and oxygen atoms in total. The van der Waals surface area contributed by atoms with Gasteiger partial charge in [0.2, 0.25) is 0 Å². The summed E-state index contributed by atoms with van der Waals surface area (Å²) in [6.07, 6.45) is 4.84. The Morgan fingerprint density at radius 1 is 0.326 bits per heavy atom. The predicted molar refractivity (Wildman–Crippen MR) is 376 cm³/mol. The molecule has 9 aromatic carbocycles. The number of carbonyl (C=O) groups is 4. The number of anilines is 1. The summed E-state index contributed by atoms with van der Waals surface area (Å²) >= 11 is 0. The van der Waals surface area contributed by atoms with Crippen LogP contribution >= 0.6 is 0 Å². The lowest BCUT2D eigenvalue weighted by atomic mass is 9.74. The third-order valence-corrected chi connectivity index (χ3v) is 19.0. The second-order valence-corrected chi connectivity index (χ2v) is 29.3. The summed E-state index contributed by atoms with van der Waals surface area (Å²) in [5.74, 6) is -1.68. The minimum atomic E-state index is -0.504. The van der Waals surface area contributed by atoms with Crippen LogP contribution in [0, 0.1) is 0 Å². The Balaban J connectivity index is 1.22. The van der Waals surface area contributed by atoms with Gasteiger partial charge in [-0.05, 0) is 177 Å². The first-order valence-corrected chi connectivity index (χ1v) is 32.2. The van der Waals surface area contributed by atoms with Gasteiger partial charge in [0, 0.05) is 62.7 Å². The molecule has 0 atom stereocenters. The molecule has 14 rings (SSSR count). The van der Waals surface area contributed by atoms with Gasteiger partial charge in [-0.3, -0.25) is 34.0 Å². The number of hydrogen-bond acceptors (Lipinski definition) is 7. The Kier molecular flexibility index (Phi) is 14.0. The van der Waals surface area contributed by atoms with Crippen molar-refractivity contribution in [3.05, 3.63) is 227 Å². The summed E-state index contributed by atoms with van der Waals surface area (Å²) in [7, 11) is 0. The van der Waals surface area contributed by atoms with Crippen molar-refractivity contribution in [2.24, 2.45) is 0 Å². The normalized spacial score (nSPS) is 13.9. The van der Waals surface area contributed by atoms with E-state index in [9.17, 15) is 0 Å². The van der Waals surface area contributed by atoms with Crippen LogP contribution in [0.15, 0.2) is 182 Å². The van der Waals surface area contributed by atoms with Crippen molar-refractivity contribution in [1.82, 2.24) is 19.9 Å². The van der Waals surface area contributed by atoms with Crippen LogP contribution in [-0.4, -0.2) is 50.0 Å². The molecule has 0 unspecified atom stereocenters. The van der Waals surface area contributed by atoms with Gasteiger partial charge in [-0.2, -0.15) is 0 Å². The summed E-state index contributed by atoms with van der Waals surface area (Å²) in [5, 5.41) is 5.86. The Labute approximate surface area is 538 Å². The number of fused-ring (bicyclic) bond motifs is 2. The number of hydrogen-bond donors (Lipinski definition) is 0. The van der Waals surface area contributed by atoms with Gasteiger partial charge < -0.3 is 0 Å². The fourth-order valence-electron chi connectivity index (χ4n) is 13.9. The van der Waals surface area contributed by atoms with E-state index in [1.807, 2.05) is 60.7 Å². The second-order valence-electron chi connectivity index (χ2n) is 29.3. The maximum atomic E-state index is 16.6. The van der Waals surface area contributed by atoms with Crippen molar-refractivity contribution in [3.63, 3.8) is 0 Å². The van der Waals surface area contributed by atoms with Crippen molar-refractivity contribution in [2.75, 3.05) is 11.4 Å². The minimum absolute atomic E-state index is 0.167. The number of amides is 4. The monoisotopic (exact) mass is 1210 g/mol. The van der Waals surface area contributed by atoms with Crippen LogP contribution in [0.3, 0.4) is 0 Å². The molecular formula is C83H75N5O4. The van der Waals surface area contributed by atoms with Gasteiger partial charge in [-0.25, -0.2) is 9.88 Å². The fourth-order valence-corrected chi connectivity index (χ4v) is 13.9. The fraction of sp³-hybridized carbons (Fsp3) is 0.241. The van der Waals surface area contributed by atoms with E-state index in [0.717, 1.165) is 105 Å². The van der Waals surface area contributed by atoms with Crippen molar-refractivity contribution in [3.8, 4) is 67.3 Å². The van der Waals surface area contributed by atoms with Crippen LogP contribution in [0.2, 0.25) is 0 Å². The molecule has 0 saturated heterocycles. The van der Waals surface area contributed by atoms with E-state index in [4.69, 9.17) is 15.0 Å². The largest absolute Gasteiger partial charge is 0.274 e. The molecule has 0 N–H and O–H groups in total. The number of imide groups is 2. The Morgan fingerprint density at radius 2 is 0.630 bits per heavy atom. The van der Waals surface area contributed by atoms with Gasteiger partial charge in [-0.1, -0.05) is 206 Å². The van der Waals surface area contributed by atoms with E-state index < -0.39 is 11.8 Å². The van der Waals surface area contributed by atoms with E-state index >= 15 is 19.2 Å². The highest BCUT2D eigenvalue weighted by atomic mass is 16.2. The molecule has 0 aliphatic carbocycles. The van der Waals surface area contributed by atoms with Crippen molar-refractivity contribution in [2.45, 2.75) is 125 Å². The number of rotatable bonds is 10. The van der Waals surface area contributed by atoms with Crippen LogP contribution in [0.4, 0.5) is 5.69 Å². The maximum absolute atomic E-state index is 16.6. The molecule has 2 aliphatic heterocycles. The quantitative estimate of drug-likeness (QED) is 0.0761. The number of nitrogens with zero attached hydrogens (tertiary/aromatic N) is 5. The number of benzene rings is 9. The number of carbonyl (C=O) groups excluding carboxylic acids is 4. The zero-order valence-electron chi connectivity index (χ0n) is 54.8. The first-order valence-electron chi connectivity index (χ1n) is 32.2. The van der Waals surface area contributed by atoms with Gasteiger partial charge in [-0.15, -0.1) is 0 Å². The molecule has 0 saturated carbocycles. The van der Waals surface area contributed by atoms with Crippen molar-refractivity contribution in [1.29, 1.82) is 0 Å². The van der Waals surface area contributed by atoms with Crippen LogP contribution in [-0.2, 0) is 21.7 Å². The average molecular weight is 1210 g/mol. The molecule has 456 valence electrons. The van der Waals surface area contributed by atoms with Crippen molar-refractivity contribution < 1.29 is 19.2 Å². The van der Waals surface area contributed by atoms with Crippen LogP contribution < -0.4 is 4.90 Å². The van der Waals surface area contributed by atoms with Crippen LogP contribution in [0.25, 0.3) is 110 Å². The van der Waals surface area contributed by atoms with Gasteiger partial charge >= 0.3 is 0 Å². The molecule has 0 radical (unpaired) electrons. The molecule has 4 amide bonds. The summed E-state index contributed by atoms with van der Waals surface area (Å²) in [6.45, 7) is 28.8. The molecule has 5 heterocycles. The van der Waals surface area contributed by atoms with Crippen molar-refractivity contribution >= 4 is 72.4 Å². The summed E-state index contributed by atoms with van der Waals surface area (Å²) in [4.78, 5) is 81.9. The van der Waals surface area contributed by atoms with E-state index in [0.29, 0.717) is 67.9 Å². The predicted octanol–water partition coefficient (Wildman–Crippen LogP) is 20.3.